The minimum atomic E-state index is -0.932. The summed E-state index contributed by atoms with van der Waals surface area (Å²) in [5.74, 6) is 0. The van der Waals surface area contributed by atoms with Gasteiger partial charge in [0.05, 0.1) is 13.2 Å². The molecular formula is C13H16O5. The molecular weight excluding hydrogens is 236 g/mol. The number of benzene rings is 1. The Morgan fingerprint density at radius 3 is 2.56 bits per heavy atom. The molecule has 18 heavy (non-hydrogen) atoms. The molecule has 0 spiro atoms. The molecule has 1 aromatic carbocycles. The molecule has 0 radical (unpaired) electrons. The molecule has 0 aromatic heterocycles. The van der Waals surface area contributed by atoms with Crippen molar-refractivity contribution < 1.29 is 24.4 Å². The van der Waals surface area contributed by atoms with E-state index in [2.05, 4.69) is 0 Å². The number of rotatable bonds is 1. The van der Waals surface area contributed by atoms with Gasteiger partial charge in [-0.2, -0.15) is 0 Å². The second-order valence-corrected chi connectivity index (χ2v) is 4.61. The van der Waals surface area contributed by atoms with Gasteiger partial charge in [-0.3, -0.25) is 0 Å². The van der Waals surface area contributed by atoms with Crippen LogP contribution in [0.2, 0.25) is 0 Å². The Morgan fingerprint density at radius 1 is 1.00 bits per heavy atom. The van der Waals surface area contributed by atoms with E-state index in [1.54, 1.807) is 0 Å². The van der Waals surface area contributed by atoms with Crippen LogP contribution < -0.4 is 0 Å². The highest BCUT2D eigenvalue weighted by atomic mass is 16.7. The highest BCUT2D eigenvalue weighted by Gasteiger charge is 2.44. The predicted molar refractivity (Wildman–Crippen MR) is 61.8 cm³/mol. The Labute approximate surface area is 105 Å². The molecule has 2 N–H and O–H groups in total. The molecule has 5 nitrogen and oxygen atoms in total. The Bertz CT molecular complexity index is 394. The lowest BCUT2D eigenvalue weighted by atomic mass is 9.99. The molecule has 2 saturated heterocycles. The Morgan fingerprint density at radius 2 is 1.78 bits per heavy atom. The lowest BCUT2D eigenvalue weighted by molar-refractivity contribution is -0.314. The van der Waals surface area contributed by atoms with Gasteiger partial charge in [0.25, 0.3) is 0 Å². The smallest absolute Gasteiger partial charge is 0.184 e. The summed E-state index contributed by atoms with van der Waals surface area (Å²) in [4.78, 5) is 0. The SMILES string of the molecule is OC1CO[C@@H]2COC(c3ccccc3)O[C@H]2[C@@H]1O. The molecule has 0 bridgehead atoms. The molecule has 2 heterocycles. The highest BCUT2D eigenvalue weighted by molar-refractivity contribution is 5.16. The summed E-state index contributed by atoms with van der Waals surface area (Å²) in [6.45, 7) is 0.471. The van der Waals surface area contributed by atoms with E-state index in [-0.39, 0.29) is 12.7 Å². The maximum Gasteiger partial charge on any atom is 0.184 e. The fraction of sp³-hybridized carbons (Fsp3) is 0.538. The predicted octanol–water partition coefficient (Wildman–Crippen LogP) is 0.221. The summed E-state index contributed by atoms with van der Waals surface area (Å²) in [6, 6.07) is 9.51. The standard InChI is InChI=1S/C13H16O5/c14-9-6-16-10-7-17-13(18-12(10)11(9)15)8-4-2-1-3-5-8/h1-5,9-15H,6-7H2/t9?,10-,11-,12-,13?/m1/s1. The van der Waals surface area contributed by atoms with Gasteiger partial charge in [-0.25, -0.2) is 0 Å². The Hall–Kier alpha value is -0.980. The van der Waals surface area contributed by atoms with Crippen LogP contribution in [0.3, 0.4) is 0 Å². The van der Waals surface area contributed by atoms with Crippen molar-refractivity contribution in [3.8, 4) is 0 Å². The van der Waals surface area contributed by atoms with Gasteiger partial charge in [-0.05, 0) is 0 Å². The summed E-state index contributed by atoms with van der Waals surface area (Å²) >= 11 is 0. The van der Waals surface area contributed by atoms with Crippen LogP contribution in [0.15, 0.2) is 30.3 Å². The first kappa shape index (κ1) is 12.1. The topological polar surface area (TPSA) is 68.2 Å². The van der Waals surface area contributed by atoms with Gasteiger partial charge in [0.15, 0.2) is 6.29 Å². The van der Waals surface area contributed by atoms with E-state index in [4.69, 9.17) is 14.2 Å². The zero-order valence-corrected chi connectivity index (χ0v) is 9.81. The minimum Gasteiger partial charge on any atom is -0.388 e. The average molecular weight is 252 g/mol. The van der Waals surface area contributed by atoms with E-state index < -0.39 is 24.6 Å². The first-order chi connectivity index (χ1) is 8.75. The second kappa shape index (κ2) is 4.95. The number of hydrogen-bond donors (Lipinski definition) is 2. The van der Waals surface area contributed by atoms with E-state index >= 15 is 0 Å². The quantitative estimate of drug-likeness (QED) is 0.748. The van der Waals surface area contributed by atoms with E-state index in [0.717, 1.165) is 5.56 Å². The summed E-state index contributed by atoms with van der Waals surface area (Å²) in [5, 5.41) is 19.5. The van der Waals surface area contributed by atoms with Gasteiger partial charge in [-0.1, -0.05) is 30.3 Å². The third-order valence-electron chi connectivity index (χ3n) is 3.34. The molecule has 0 aliphatic carbocycles. The Balaban J connectivity index is 1.75. The number of aliphatic hydroxyl groups is 2. The molecule has 1 aromatic rings. The van der Waals surface area contributed by atoms with Crippen LogP contribution in [0.5, 0.6) is 0 Å². The van der Waals surface area contributed by atoms with Crippen LogP contribution in [0.4, 0.5) is 0 Å². The molecule has 2 aliphatic heterocycles. The van der Waals surface area contributed by atoms with E-state index in [1.807, 2.05) is 30.3 Å². The van der Waals surface area contributed by atoms with E-state index in [1.165, 1.54) is 0 Å². The second-order valence-electron chi connectivity index (χ2n) is 4.61. The third-order valence-corrected chi connectivity index (χ3v) is 3.34. The summed E-state index contributed by atoms with van der Waals surface area (Å²) in [6.07, 6.45) is -3.22. The van der Waals surface area contributed by atoms with E-state index in [9.17, 15) is 10.2 Å². The maximum atomic E-state index is 9.93. The molecule has 5 heteroatoms. The largest absolute Gasteiger partial charge is 0.388 e. The summed E-state index contributed by atoms with van der Waals surface area (Å²) in [5.41, 5.74) is 0.892. The molecule has 3 rings (SSSR count). The van der Waals surface area contributed by atoms with E-state index in [0.29, 0.717) is 6.61 Å². The summed E-state index contributed by atoms with van der Waals surface area (Å²) < 4.78 is 16.7. The van der Waals surface area contributed by atoms with Crippen molar-refractivity contribution in [2.24, 2.45) is 0 Å². The van der Waals surface area contributed by atoms with Gasteiger partial charge in [0, 0.05) is 5.56 Å². The lowest BCUT2D eigenvalue weighted by Crippen LogP contribution is -2.58. The zero-order valence-electron chi connectivity index (χ0n) is 9.81. The molecule has 98 valence electrons. The van der Waals surface area contributed by atoms with Crippen molar-refractivity contribution in [1.29, 1.82) is 0 Å². The molecule has 2 unspecified atom stereocenters. The normalized spacial score (nSPS) is 40.2. The number of ether oxygens (including phenoxy) is 3. The van der Waals surface area contributed by atoms with Crippen molar-refractivity contribution in [1.82, 2.24) is 0 Å². The van der Waals surface area contributed by atoms with Crippen LogP contribution in [-0.2, 0) is 14.2 Å². The van der Waals surface area contributed by atoms with Crippen molar-refractivity contribution in [2.75, 3.05) is 13.2 Å². The summed E-state index contributed by atoms with van der Waals surface area (Å²) in [7, 11) is 0. The zero-order chi connectivity index (χ0) is 12.5. The molecule has 5 atom stereocenters. The molecule has 2 aliphatic rings. The highest BCUT2D eigenvalue weighted by Crippen LogP contribution is 2.31. The fourth-order valence-electron chi connectivity index (χ4n) is 2.31. The van der Waals surface area contributed by atoms with Crippen molar-refractivity contribution in [3.05, 3.63) is 35.9 Å². The number of fused-ring (bicyclic) bond motifs is 1. The molecule has 0 amide bonds. The maximum absolute atomic E-state index is 9.93. The molecule has 2 fully saturated rings. The van der Waals surface area contributed by atoms with Crippen molar-refractivity contribution >= 4 is 0 Å². The van der Waals surface area contributed by atoms with Crippen LogP contribution in [0.1, 0.15) is 11.9 Å². The lowest BCUT2D eigenvalue weighted by Gasteiger charge is -2.43. The van der Waals surface area contributed by atoms with Gasteiger partial charge >= 0.3 is 0 Å². The first-order valence-corrected chi connectivity index (χ1v) is 6.05. The fourth-order valence-corrected chi connectivity index (χ4v) is 2.31. The van der Waals surface area contributed by atoms with Crippen molar-refractivity contribution in [2.45, 2.75) is 30.7 Å². The van der Waals surface area contributed by atoms with Gasteiger partial charge in [0.2, 0.25) is 0 Å². The van der Waals surface area contributed by atoms with Crippen LogP contribution in [0, 0.1) is 0 Å². The van der Waals surface area contributed by atoms with Gasteiger partial charge in [0.1, 0.15) is 24.4 Å². The van der Waals surface area contributed by atoms with Crippen LogP contribution in [-0.4, -0.2) is 47.8 Å². The van der Waals surface area contributed by atoms with Gasteiger partial charge < -0.3 is 24.4 Å². The van der Waals surface area contributed by atoms with Crippen LogP contribution in [0.25, 0.3) is 0 Å². The average Bonchev–Trinajstić information content (AvgIpc) is 2.44. The first-order valence-electron chi connectivity index (χ1n) is 6.05. The third kappa shape index (κ3) is 2.15. The van der Waals surface area contributed by atoms with Gasteiger partial charge in [-0.15, -0.1) is 0 Å². The van der Waals surface area contributed by atoms with Crippen LogP contribution >= 0.6 is 0 Å². The number of hydrogen-bond acceptors (Lipinski definition) is 5. The van der Waals surface area contributed by atoms with Crippen molar-refractivity contribution in [3.63, 3.8) is 0 Å². The number of aliphatic hydroxyl groups excluding tert-OH is 2. The monoisotopic (exact) mass is 252 g/mol. The molecule has 0 saturated carbocycles. The Kier molecular flexibility index (Phi) is 3.32. The minimum absolute atomic E-state index is 0.116.